The van der Waals surface area contributed by atoms with Crippen LogP contribution in [0.3, 0.4) is 0 Å². The fraction of sp³-hybridized carbons (Fsp3) is 0.0690. The van der Waals surface area contributed by atoms with E-state index in [-0.39, 0.29) is 0 Å². The molecule has 304 valence electrons. The first kappa shape index (κ1) is 37.5. The molecule has 6 heteroatoms. The Morgan fingerprint density at radius 1 is 0.422 bits per heavy atom. The number of allylic oxidation sites excluding steroid dienone is 1. The van der Waals surface area contributed by atoms with Crippen molar-refractivity contribution in [1.82, 2.24) is 24.1 Å². The van der Waals surface area contributed by atoms with Gasteiger partial charge in [0.1, 0.15) is 0 Å². The van der Waals surface area contributed by atoms with E-state index in [1.807, 2.05) is 49.1 Å². The molecule has 0 unspecified atom stereocenters. The molecule has 6 aromatic carbocycles. The Balaban J connectivity index is 0.912. The van der Waals surface area contributed by atoms with Crippen LogP contribution in [0, 0.1) is 13.8 Å². The maximum Gasteiger partial charge on any atom is 0.0963 e. The van der Waals surface area contributed by atoms with Gasteiger partial charge >= 0.3 is 0 Å². The van der Waals surface area contributed by atoms with Crippen molar-refractivity contribution in [2.45, 2.75) is 26.7 Å². The van der Waals surface area contributed by atoms with Gasteiger partial charge in [-0.15, -0.1) is 0 Å². The highest BCUT2D eigenvalue weighted by Gasteiger charge is 2.20. The Labute approximate surface area is 371 Å². The number of aryl methyl sites for hydroxylation is 2. The number of nitrogens with zero attached hydrogens (tertiary/aromatic N) is 6. The zero-order chi connectivity index (χ0) is 42.7. The lowest BCUT2D eigenvalue weighted by atomic mass is 9.93. The molecule has 0 aliphatic carbocycles. The van der Waals surface area contributed by atoms with Crippen LogP contribution in [0.5, 0.6) is 0 Å². The standard InChI is InChI=1S/C58H42N6/c1-37-33-41(63-53-27-21-39(35-49(53)57-55(63)19-11-31-61-57)45-13-3-5-15-47(45)51-17-7-9-29-59-51)23-25-43(37)44-26-24-42(34-38(44)2)64-54-28-22-40(36-50(54)58-56(64)20-12-32-62-58)46-14-4-6-16-48(46)52-18-8-10-30-60-52/h3-7,9-17,19-36H,8,18H2,1-2H3. The van der Waals surface area contributed by atoms with E-state index in [2.05, 4.69) is 174 Å². The van der Waals surface area contributed by atoms with Gasteiger partial charge in [-0.2, -0.15) is 0 Å². The molecule has 64 heavy (non-hydrogen) atoms. The molecule has 5 aromatic heterocycles. The molecule has 0 saturated carbocycles. The van der Waals surface area contributed by atoms with Gasteiger partial charge in [-0.25, -0.2) is 0 Å². The summed E-state index contributed by atoms with van der Waals surface area (Å²) in [6, 6.07) is 58.8. The molecular weight excluding hydrogens is 781 g/mol. The Hall–Kier alpha value is -8.22. The highest BCUT2D eigenvalue weighted by Crippen LogP contribution is 2.40. The summed E-state index contributed by atoms with van der Waals surface area (Å²) in [5, 5.41) is 2.25. The van der Waals surface area contributed by atoms with Gasteiger partial charge in [0.25, 0.3) is 0 Å². The van der Waals surface area contributed by atoms with Gasteiger partial charge in [0.2, 0.25) is 0 Å². The second-order valence-electron chi connectivity index (χ2n) is 16.7. The highest BCUT2D eigenvalue weighted by atomic mass is 15.0. The maximum atomic E-state index is 4.94. The Bertz CT molecular complexity index is 3700. The monoisotopic (exact) mass is 822 g/mol. The molecule has 0 N–H and O–H groups in total. The molecule has 0 saturated heterocycles. The van der Waals surface area contributed by atoms with Gasteiger partial charge in [-0.3, -0.25) is 19.9 Å². The van der Waals surface area contributed by atoms with Crippen LogP contribution in [0.25, 0.3) is 99.9 Å². The third kappa shape index (κ3) is 6.17. The predicted molar refractivity (Wildman–Crippen MR) is 265 cm³/mol. The number of pyridine rings is 3. The predicted octanol–water partition coefficient (Wildman–Crippen LogP) is 14.4. The summed E-state index contributed by atoms with van der Waals surface area (Å²) in [6.07, 6.45) is 11.7. The van der Waals surface area contributed by atoms with Crippen molar-refractivity contribution in [2.24, 2.45) is 4.99 Å². The van der Waals surface area contributed by atoms with E-state index in [0.29, 0.717) is 0 Å². The molecule has 11 aromatic rings. The Kier molecular flexibility index (Phi) is 8.97. The summed E-state index contributed by atoms with van der Waals surface area (Å²) < 4.78 is 4.70. The van der Waals surface area contributed by atoms with Crippen molar-refractivity contribution in [3.8, 4) is 56.0 Å². The smallest absolute Gasteiger partial charge is 0.0963 e. The third-order valence-corrected chi connectivity index (χ3v) is 12.9. The van der Waals surface area contributed by atoms with E-state index in [9.17, 15) is 0 Å². The Morgan fingerprint density at radius 2 is 0.953 bits per heavy atom. The van der Waals surface area contributed by atoms with Crippen molar-refractivity contribution >= 4 is 49.6 Å². The average Bonchev–Trinajstić information content (AvgIpc) is 3.87. The van der Waals surface area contributed by atoms with Gasteiger partial charge < -0.3 is 9.13 Å². The minimum absolute atomic E-state index is 0.945. The molecule has 12 rings (SSSR count). The van der Waals surface area contributed by atoms with E-state index in [1.165, 1.54) is 38.9 Å². The van der Waals surface area contributed by atoms with Crippen LogP contribution < -0.4 is 0 Å². The summed E-state index contributed by atoms with van der Waals surface area (Å²) in [4.78, 5) is 19.3. The minimum Gasteiger partial charge on any atom is -0.308 e. The van der Waals surface area contributed by atoms with Crippen LogP contribution in [-0.2, 0) is 0 Å². The van der Waals surface area contributed by atoms with Gasteiger partial charge in [-0.05, 0) is 156 Å². The van der Waals surface area contributed by atoms with Crippen LogP contribution in [0.1, 0.15) is 29.5 Å². The molecule has 0 spiro atoms. The number of hydrogen-bond donors (Lipinski definition) is 0. The average molecular weight is 823 g/mol. The molecular formula is C58H42N6. The number of aromatic nitrogens is 5. The van der Waals surface area contributed by atoms with Crippen LogP contribution in [0.15, 0.2) is 200 Å². The zero-order valence-electron chi connectivity index (χ0n) is 35.6. The second-order valence-corrected chi connectivity index (χ2v) is 16.7. The van der Waals surface area contributed by atoms with E-state index in [0.717, 1.165) is 96.2 Å². The van der Waals surface area contributed by atoms with Crippen molar-refractivity contribution in [1.29, 1.82) is 0 Å². The molecule has 0 fully saturated rings. The van der Waals surface area contributed by atoms with Crippen molar-refractivity contribution in [3.05, 3.63) is 211 Å². The van der Waals surface area contributed by atoms with Crippen LogP contribution in [0.4, 0.5) is 0 Å². The number of aliphatic imine (C=N–C) groups is 1. The molecule has 6 heterocycles. The number of fused-ring (bicyclic) bond motifs is 6. The molecule has 0 radical (unpaired) electrons. The van der Waals surface area contributed by atoms with Crippen molar-refractivity contribution < 1.29 is 0 Å². The van der Waals surface area contributed by atoms with Crippen molar-refractivity contribution in [3.63, 3.8) is 0 Å². The third-order valence-electron chi connectivity index (χ3n) is 12.9. The molecule has 0 bridgehead atoms. The SMILES string of the molecule is Cc1cc(-n2c3ccc(-c4ccccc4C4=NC=CCC4)cc3c3ncccc32)ccc1-c1ccc(-n2c3ccc(-c4ccccc4-c4ccccn4)cc3c3ncccc32)cc1C. The fourth-order valence-electron chi connectivity index (χ4n) is 9.91. The van der Waals surface area contributed by atoms with E-state index in [4.69, 9.17) is 15.0 Å². The van der Waals surface area contributed by atoms with Gasteiger partial charge in [-0.1, -0.05) is 84.9 Å². The van der Waals surface area contributed by atoms with E-state index < -0.39 is 0 Å². The van der Waals surface area contributed by atoms with Crippen LogP contribution >= 0.6 is 0 Å². The van der Waals surface area contributed by atoms with Gasteiger partial charge in [0, 0.05) is 63.8 Å². The lowest BCUT2D eigenvalue weighted by Gasteiger charge is -2.16. The quantitative estimate of drug-likeness (QED) is 0.161. The number of rotatable bonds is 7. The number of benzene rings is 6. The zero-order valence-corrected chi connectivity index (χ0v) is 35.6. The summed E-state index contributed by atoms with van der Waals surface area (Å²) in [6.45, 7) is 4.44. The molecule has 0 amide bonds. The first-order chi connectivity index (χ1) is 31.6. The highest BCUT2D eigenvalue weighted by molar-refractivity contribution is 6.11. The lowest BCUT2D eigenvalue weighted by molar-refractivity contribution is 1.06. The van der Waals surface area contributed by atoms with E-state index >= 15 is 0 Å². The maximum absolute atomic E-state index is 4.94. The Morgan fingerprint density at radius 3 is 1.48 bits per heavy atom. The van der Waals surface area contributed by atoms with Crippen LogP contribution in [0.2, 0.25) is 0 Å². The largest absolute Gasteiger partial charge is 0.308 e. The van der Waals surface area contributed by atoms with Gasteiger partial charge in [0.15, 0.2) is 0 Å². The second kappa shape index (κ2) is 15.3. The summed E-state index contributed by atoms with van der Waals surface area (Å²) >= 11 is 0. The summed E-state index contributed by atoms with van der Waals surface area (Å²) in [7, 11) is 0. The lowest BCUT2D eigenvalue weighted by Crippen LogP contribution is -2.04. The molecule has 0 atom stereocenters. The first-order valence-corrected chi connectivity index (χ1v) is 21.9. The summed E-state index contributed by atoms with van der Waals surface area (Å²) in [5.74, 6) is 0. The first-order valence-electron chi connectivity index (χ1n) is 21.9. The molecule has 1 aliphatic rings. The van der Waals surface area contributed by atoms with E-state index in [1.54, 1.807) is 0 Å². The van der Waals surface area contributed by atoms with Crippen LogP contribution in [-0.4, -0.2) is 29.8 Å². The topological polar surface area (TPSA) is 60.9 Å². The number of hydrogen-bond acceptors (Lipinski definition) is 4. The van der Waals surface area contributed by atoms with Gasteiger partial charge in [0.05, 0.1) is 38.8 Å². The fourth-order valence-corrected chi connectivity index (χ4v) is 9.91. The minimum atomic E-state index is 0.945. The normalized spacial score (nSPS) is 12.8. The summed E-state index contributed by atoms with van der Waals surface area (Å²) in [5.41, 5.74) is 22.5. The molecule has 1 aliphatic heterocycles. The molecule has 6 nitrogen and oxygen atoms in total. The van der Waals surface area contributed by atoms with Crippen molar-refractivity contribution in [2.75, 3.05) is 0 Å².